The third kappa shape index (κ3) is 2.80. The highest BCUT2D eigenvalue weighted by atomic mass is 19.3. The minimum atomic E-state index is -2.80. The lowest BCUT2D eigenvalue weighted by Gasteiger charge is -2.33. The van der Waals surface area contributed by atoms with Crippen molar-refractivity contribution in [1.82, 2.24) is 4.98 Å². The van der Waals surface area contributed by atoms with Crippen LogP contribution in [-0.4, -0.2) is 22.0 Å². The number of carbonyl (C=O) groups is 1. The highest BCUT2D eigenvalue weighted by Crippen LogP contribution is 2.47. The number of carboxylic acids is 1. The molecule has 0 aromatic carbocycles. The molecule has 1 unspecified atom stereocenters. The summed E-state index contributed by atoms with van der Waals surface area (Å²) in [7, 11) is 0. The summed E-state index contributed by atoms with van der Waals surface area (Å²) < 4.78 is 28.0. The number of alkyl halides is 2. The second-order valence-electron chi connectivity index (χ2n) is 4.83. The van der Waals surface area contributed by atoms with Gasteiger partial charge in [-0.05, 0) is 37.5 Å². The van der Waals surface area contributed by atoms with E-state index in [1.165, 1.54) is 19.3 Å². The number of hydrogen-bond acceptors (Lipinski definition) is 2. The number of aliphatic carboxylic acids is 1. The molecule has 1 aromatic rings. The molecule has 1 aliphatic rings. The quantitative estimate of drug-likeness (QED) is 0.836. The fourth-order valence-corrected chi connectivity index (χ4v) is 2.44. The van der Waals surface area contributed by atoms with Crippen LogP contribution in [0.15, 0.2) is 35.7 Å². The molecular formula is C14H15F2NO2. The van der Waals surface area contributed by atoms with Gasteiger partial charge in [0.15, 0.2) is 0 Å². The van der Waals surface area contributed by atoms with E-state index in [2.05, 4.69) is 4.98 Å². The van der Waals surface area contributed by atoms with Crippen LogP contribution in [0.2, 0.25) is 0 Å². The van der Waals surface area contributed by atoms with Crippen molar-refractivity contribution in [2.45, 2.75) is 38.0 Å². The van der Waals surface area contributed by atoms with Gasteiger partial charge in [0.1, 0.15) is 0 Å². The van der Waals surface area contributed by atoms with E-state index >= 15 is 0 Å². The predicted molar refractivity (Wildman–Crippen MR) is 66.1 cm³/mol. The second-order valence-corrected chi connectivity index (χ2v) is 4.83. The van der Waals surface area contributed by atoms with E-state index in [0.717, 1.165) is 0 Å². The number of carboxylic acid groups (broad SMARTS) is 1. The lowest BCUT2D eigenvalue weighted by Crippen LogP contribution is -2.31. The maximum atomic E-state index is 14.0. The topological polar surface area (TPSA) is 50.2 Å². The molecule has 0 bridgehead atoms. The molecule has 5 heteroatoms. The number of nitrogens with zero attached hydrogens (tertiary/aromatic N) is 1. The van der Waals surface area contributed by atoms with Crippen LogP contribution in [0.25, 0.3) is 0 Å². The van der Waals surface area contributed by atoms with Crippen molar-refractivity contribution in [3.05, 3.63) is 41.2 Å². The van der Waals surface area contributed by atoms with Gasteiger partial charge in [-0.3, -0.25) is 4.98 Å². The molecule has 1 N–H and O–H groups in total. The predicted octanol–water partition coefficient (Wildman–Crippen LogP) is 3.39. The molecule has 19 heavy (non-hydrogen) atoms. The monoisotopic (exact) mass is 267 g/mol. The molecule has 1 atom stereocenters. The molecule has 0 spiro atoms. The average Bonchev–Trinajstić information content (AvgIpc) is 2.38. The molecule has 3 nitrogen and oxygen atoms in total. The zero-order chi connectivity index (χ0) is 14.0. The SMILES string of the molecule is C/C(C(=O)O)=C1/CCC(F)(F)C(c2ccncc2)C1. The Morgan fingerprint density at radius 2 is 2.05 bits per heavy atom. The zero-order valence-electron chi connectivity index (χ0n) is 10.6. The first-order chi connectivity index (χ1) is 8.92. The van der Waals surface area contributed by atoms with Crippen LogP contribution in [0.5, 0.6) is 0 Å². The highest BCUT2D eigenvalue weighted by molar-refractivity contribution is 5.86. The van der Waals surface area contributed by atoms with Crippen LogP contribution >= 0.6 is 0 Å². The summed E-state index contributed by atoms with van der Waals surface area (Å²) in [5, 5.41) is 8.97. The number of pyridine rings is 1. The fraction of sp³-hybridized carbons (Fsp3) is 0.429. The summed E-state index contributed by atoms with van der Waals surface area (Å²) in [6.07, 6.45) is 2.89. The van der Waals surface area contributed by atoms with Gasteiger partial charge in [0.2, 0.25) is 0 Å². The Bertz CT molecular complexity index is 511. The van der Waals surface area contributed by atoms with Crippen LogP contribution in [0.3, 0.4) is 0 Å². The Morgan fingerprint density at radius 3 is 2.63 bits per heavy atom. The average molecular weight is 267 g/mol. The van der Waals surface area contributed by atoms with Crippen molar-refractivity contribution >= 4 is 5.97 Å². The number of hydrogen-bond donors (Lipinski definition) is 1. The molecule has 1 aliphatic carbocycles. The van der Waals surface area contributed by atoms with Gasteiger partial charge in [-0.2, -0.15) is 0 Å². The molecule has 2 rings (SSSR count). The minimum absolute atomic E-state index is 0.0924. The van der Waals surface area contributed by atoms with Gasteiger partial charge in [-0.15, -0.1) is 0 Å². The Balaban J connectivity index is 2.34. The number of allylic oxidation sites excluding steroid dienone is 1. The van der Waals surface area contributed by atoms with Crippen LogP contribution in [-0.2, 0) is 4.79 Å². The Hall–Kier alpha value is -1.78. The van der Waals surface area contributed by atoms with Gasteiger partial charge in [-0.1, -0.05) is 5.57 Å². The first-order valence-electron chi connectivity index (χ1n) is 6.11. The molecule has 1 fully saturated rings. The lowest BCUT2D eigenvalue weighted by atomic mass is 9.77. The van der Waals surface area contributed by atoms with Crippen molar-refractivity contribution < 1.29 is 18.7 Å². The van der Waals surface area contributed by atoms with Gasteiger partial charge >= 0.3 is 5.97 Å². The number of rotatable bonds is 2. The second kappa shape index (κ2) is 5.07. The van der Waals surface area contributed by atoms with Gasteiger partial charge in [-0.25, -0.2) is 13.6 Å². The summed E-state index contributed by atoms with van der Waals surface area (Å²) in [6.45, 7) is 1.48. The third-order valence-electron chi connectivity index (χ3n) is 3.68. The lowest BCUT2D eigenvalue weighted by molar-refractivity contribution is -0.132. The summed E-state index contributed by atoms with van der Waals surface area (Å²) in [5.41, 5.74) is 1.31. The van der Waals surface area contributed by atoms with E-state index in [1.807, 2.05) is 0 Å². The van der Waals surface area contributed by atoms with Crippen LogP contribution in [0.4, 0.5) is 8.78 Å². The Labute approximate surface area is 110 Å². The molecule has 0 saturated heterocycles. The molecule has 0 aliphatic heterocycles. The maximum Gasteiger partial charge on any atom is 0.331 e. The normalized spacial score (nSPS) is 24.9. The van der Waals surface area contributed by atoms with E-state index in [4.69, 9.17) is 5.11 Å². The maximum absolute atomic E-state index is 14.0. The summed E-state index contributed by atoms with van der Waals surface area (Å²) >= 11 is 0. The molecule has 0 amide bonds. The molecular weight excluding hydrogens is 252 g/mol. The van der Waals surface area contributed by atoms with Gasteiger partial charge in [0, 0.05) is 24.4 Å². The molecule has 0 radical (unpaired) electrons. The molecule has 1 saturated carbocycles. The zero-order valence-corrected chi connectivity index (χ0v) is 10.6. The highest BCUT2D eigenvalue weighted by Gasteiger charge is 2.44. The first-order valence-corrected chi connectivity index (χ1v) is 6.11. The fourth-order valence-electron chi connectivity index (χ4n) is 2.44. The number of halogens is 2. The summed E-state index contributed by atoms with van der Waals surface area (Å²) in [6, 6.07) is 3.13. The third-order valence-corrected chi connectivity index (χ3v) is 3.68. The van der Waals surface area contributed by atoms with E-state index < -0.39 is 17.8 Å². The van der Waals surface area contributed by atoms with Crippen LogP contribution in [0.1, 0.15) is 37.7 Å². The largest absolute Gasteiger partial charge is 0.478 e. The van der Waals surface area contributed by atoms with E-state index in [0.29, 0.717) is 11.1 Å². The van der Waals surface area contributed by atoms with Gasteiger partial charge in [0.05, 0.1) is 5.92 Å². The van der Waals surface area contributed by atoms with Crippen molar-refractivity contribution in [3.63, 3.8) is 0 Å². The minimum Gasteiger partial charge on any atom is -0.478 e. The first kappa shape index (κ1) is 13.6. The van der Waals surface area contributed by atoms with Crippen molar-refractivity contribution in [2.24, 2.45) is 0 Å². The van der Waals surface area contributed by atoms with E-state index in [-0.39, 0.29) is 24.8 Å². The summed E-state index contributed by atoms with van der Waals surface area (Å²) in [5.74, 6) is -4.80. The summed E-state index contributed by atoms with van der Waals surface area (Å²) in [4.78, 5) is 14.8. The van der Waals surface area contributed by atoms with E-state index in [1.54, 1.807) is 12.1 Å². The molecule has 102 valence electrons. The smallest absolute Gasteiger partial charge is 0.331 e. The van der Waals surface area contributed by atoms with Gasteiger partial charge in [0.25, 0.3) is 5.92 Å². The standard InChI is InChI=1S/C14H15F2NO2/c1-9(13(18)19)11-2-5-14(15,16)12(8-11)10-3-6-17-7-4-10/h3-4,6-7,12H,2,5,8H2,1H3,(H,18,19)/b11-9+. The van der Waals surface area contributed by atoms with Crippen molar-refractivity contribution in [2.75, 3.05) is 0 Å². The van der Waals surface area contributed by atoms with Crippen LogP contribution in [0, 0.1) is 0 Å². The Kier molecular flexibility index (Phi) is 3.64. The number of aromatic nitrogens is 1. The van der Waals surface area contributed by atoms with Crippen LogP contribution < -0.4 is 0 Å². The van der Waals surface area contributed by atoms with Gasteiger partial charge < -0.3 is 5.11 Å². The van der Waals surface area contributed by atoms with E-state index in [9.17, 15) is 13.6 Å². The van der Waals surface area contributed by atoms with Crippen molar-refractivity contribution in [1.29, 1.82) is 0 Å². The van der Waals surface area contributed by atoms with Crippen molar-refractivity contribution in [3.8, 4) is 0 Å². The molecule has 1 aromatic heterocycles. The Morgan fingerprint density at radius 1 is 1.42 bits per heavy atom. The molecule has 1 heterocycles.